The molecule has 0 radical (unpaired) electrons. The van der Waals surface area contributed by atoms with Crippen LogP contribution in [0.2, 0.25) is 0 Å². The van der Waals surface area contributed by atoms with E-state index in [1.165, 1.54) is 24.3 Å². The van der Waals surface area contributed by atoms with E-state index in [4.69, 9.17) is 5.10 Å². The smallest absolute Gasteiger partial charge is 0.231 e. The molecule has 1 aliphatic rings. The Balaban J connectivity index is 1.72. The van der Waals surface area contributed by atoms with Crippen molar-refractivity contribution >= 4 is 17.3 Å². The lowest BCUT2D eigenvalue weighted by atomic mass is 9.85. The first kappa shape index (κ1) is 25.5. The Morgan fingerprint density at radius 2 is 1.72 bits per heavy atom. The third-order valence-corrected chi connectivity index (χ3v) is 6.48. The predicted molar refractivity (Wildman–Crippen MR) is 138 cm³/mol. The molecule has 2 atom stereocenters. The summed E-state index contributed by atoms with van der Waals surface area (Å²) < 4.78 is 28.0. The molecule has 2 N–H and O–H groups in total. The summed E-state index contributed by atoms with van der Waals surface area (Å²) in [5, 5.41) is 19.1. The van der Waals surface area contributed by atoms with Gasteiger partial charge in [-0.15, -0.1) is 0 Å². The first-order chi connectivity index (χ1) is 17.3. The van der Waals surface area contributed by atoms with Crippen molar-refractivity contribution in [2.24, 2.45) is 16.4 Å². The summed E-state index contributed by atoms with van der Waals surface area (Å²) in [5.74, 6) is -1.79. The number of nitrogens with zero attached hydrogens (tertiary/aromatic N) is 2. The summed E-state index contributed by atoms with van der Waals surface area (Å²) >= 11 is 0. The molecule has 36 heavy (non-hydrogen) atoms. The zero-order chi connectivity index (χ0) is 25.7. The van der Waals surface area contributed by atoms with Crippen LogP contribution in [0.4, 0.5) is 14.5 Å². The molecule has 0 aromatic heterocycles. The molecule has 2 unspecified atom stereocenters. The van der Waals surface area contributed by atoms with Crippen molar-refractivity contribution in [3.8, 4) is 0 Å². The van der Waals surface area contributed by atoms with Gasteiger partial charge in [0.2, 0.25) is 5.91 Å². The summed E-state index contributed by atoms with van der Waals surface area (Å²) in [6.07, 6.45) is 1.44. The summed E-state index contributed by atoms with van der Waals surface area (Å²) in [5.41, 5.74) is 2.25. The number of nitrogens with one attached hydrogen (secondary N) is 1. The Morgan fingerprint density at radius 1 is 1.00 bits per heavy atom. The second-order valence-corrected chi connectivity index (χ2v) is 9.87. The van der Waals surface area contributed by atoms with Crippen molar-refractivity contribution in [2.75, 3.05) is 18.2 Å². The minimum absolute atomic E-state index is 0.0681. The van der Waals surface area contributed by atoms with E-state index in [9.17, 15) is 18.7 Å². The van der Waals surface area contributed by atoms with Crippen LogP contribution < -0.4 is 10.3 Å². The van der Waals surface area contributed by atoms with Crippen molar-refractivity contribution in [1.29, 1.82) is 0 Å². The van der Waals surface area contributed by atoms with Gasteiger partial charge in [0.25, 0.3) is 0 Å². The molecule has 188 valence electrons. The lowest BCUT2D eigenvalue weighted by molar-refractivity contribution is -0.123. The molecule has 3 aromatic carbocycles. The molecule has 0 aliphatic carbocycles. The highest BCUT2D eigenvalue weighted by atomic mass is 19.1. The van der Waals surface area contributed by atoms with Gasteiger partial charge in [0.1, 0.15) is 17.6 Å². The Kier molecular flexibility index (Phi) is 7.79. The topological polar surface area (TPSA) is 64.9 Å². The van der Waals surface area contributed by atoms with Crippen LogP contribution in [0.3, 0.4) is 0 Å². The first-order valence-corrected chi connectivity index (χ1v) is 12.1. The highest BCUT2D eigenvalue weighted by Crippen LogP contribution is 2.41. The fourth-order valence-corrected chi connectivity index (χ4v) is 4.45. The van der Waals surface area contributed by atoms with Crippen molar-refractivity contribution in [3.05, 3.63) is 102 Å². The van der Waals surface area contributed by atoms with E-state index in [-0.39, 0.29) is 23.7 Å². The molecule has 1 heterocycles. The van der Waals surface area contributed by atoms with E-state index < -0.39 is 17.8 Å². The van der Waals surface area contributed by atoms with Gasteiger partial charge in [-0.1, -0.05) is 56.3 Å². The molecule has 1 aliphatic heterocycles. The zero-order valence-electron chi connectivity index (χ0n) is 20.5. The third kappa shape index (κ3) is 5.79. The maximum absolute atomic E-state index is 14.3. The third-order valence-electron chi connectivity index (χ3n) is 6.48. The van der Waals surface area contributed by atoms with Gasteiger partial charge in [0.15, 0.2) is 0 Å². The van der Waals surface area contributed by atoms with E-state index >= 15 is 0 Å². The molecule has 7 heteroatoms. The van der Waals surface area contributed by atoms with Crippen molar-refractivity contribution in [1.82, 2.24) is 5.32 Å². The Bertz CT molecular complexity index is 1210. The lowest BCUT2D eigenvalue weighted by Crippen LogP contribution is -2.40. The largest absolute Gasteiger partial charge is 0.396 e. The van der Waals surface area contributed by atoms with E-state index in [2.05, 4.69) is 5.32 Å². The Morgan fingerprint density at radius 3 is 2.39 bits per heavy atom. The number of carbonyl (C=O) groups excluding carboxylic acids is 1. The van der Waals surface area contributed by atoms with Crippen LogP contribution in [0, 0.1) is 23.0 Å². The average Bonchev–Trinajstić information content (AvgIpc) is 3.28. The number of hydrogen-bond donors (Lipinski definition) is 2. The quantitative estimate of drug-likeness (QED) is 0.391. The molecule has 0 saturated heterocycles. The number of aliphatic hydroxyl groups excluding tert-OH is 1. The number of hydrazone groups is 1. The first-order valence-electron chi connectivity index (χ1n) is 12.1. The van der Waals surface area contributed by atoms with Gasteiger partial charge in [0.05, 0.1) is 17.4 Å². The van der Waals surface area contributed by atoms with Crippen LogP contribution in [0.5, 0.6) is 0 Å². The van der Waals surface area contributed by atoms with Gasteiger partial charge in [-0.3, -0.25) is 9.80 Å². The van der Waals surface area contributed by atoms with Crippen molar-refractivity contribution in [3.63, 3.8) is 0 Å². The van der Waals surface area contributed by atoms with Gasteiger partial charge in [-0.2, -0.15) is 5.10 Å². The second kappa shape index (κ2) is 11.0. The van der Waals surface area contributed by atoms with Crippen molar-refractivity contribution in [2.45, 2.75) is 32.7 Å². The monoisotopic (exact) mass is 491 g/mol. The molecule has 3 aromatic rings. The zero-order valence-corrected chi connectivity index (χ0v) is 20.5. The molecule has 5 nitrogen and oxygen atoms in total. The fourth-order valence-electron chi connectivity index (χ4n) is 4.45. The molecule has 1 amide bonds. The number of anilines is 1. The van der Waals surface area contributed by atoms with Gasteiger partial charge in [-0.05, 0) is 65.8 Å². The average molecular weight is 492 g/mol. The SMILES string of the molecule is CC(C)(CO)CCCNC(=O)C1C(c2ccc(F)cc2)=NN(c2ccccc2)C1c1cccc(F)c1. The van der Waals surface area contributed by atoms with Gasteiger partial charge in [0, 0.05) is 13.2 Å². The maximum atomic E-state index is 14.3. The van der Waals surface area contributed by atoms with Gasteiger partial charge < -0.3 is 10.4 Å². The molecule has 0 bridgehead atoms. The van der Waals surface area contributed by atoms with Crippen LogP contribution in [-0.2, 0) is 4.79 Å². The molecule has 4 rings (SSSR count). The van der Waals surface area contributed by atoms with E-state index in [0.29, 0.717) is 29.8 Å². The van der Waals surface area contributed by atoms with Crippen LogP contribution in [0.1, 0.15) is 43.9 Å². The summed E-state index contributed by atoms with van der Waals surface area (Å²) in [6.45, 7) is 4.45. The molecule has 0 saturated carbocycles. The number of para-hydroxylation sites is 1. The summed E-state index contributed by atoms with van der Waals surface area (Å²) in [7, 11) is 0. The second-order valence-electron chi connectivity index (χ2n) is 9.87. The minimum Gasteiger partial charge on any atom is -0.396 e. The van der Waals surface area contributed by atoms with Gasteiger partial charge >= 0.3 is 0 Å². The van der Waals surface area contributed by atoms with E-state index in [1.807, 2.05) is 44.2 Å². The van der Waals surface area contributed by atoms with Crippen LogP contribution in [0.15, 0.2) is 84.0 Å². The molecular weight excluding hydrogens is 460 g/mol. The number of amides is 1. The predicted octanol–water partition coefficient (Wildman–Crippen LogP) is 5.46. The number of benzene rings is 3. The molecule has 0 spiro atoms. The maximum Gasteiger partial charge on any atom is 0.231 e. The summed E-state index contributed by atoms with van der Waals surface area (Å²) in [4.78, 5) is 13.7. The van der Waals surface area contributed by atoms with Crippen LogP contribution >= 0.6 is 0 Å². The number of hydrogen-bond acceptors (Lipinski definition) is 4. The van der Waals surface area contributed by atoms with Crippen molar-refractivity contribution < 1.29 is 18.7 Å². The number of halogens is 2. The highest BCUT2D eigenvalue weighted by molar-refractivity contribution is 6.15. The Labute approximate surface area is 210 Å². The fraction of sp³-hybridized carbons (Fsp3) is 0.310. The van der Waals surface area contributed by atoms with Crippen LogP contribution in [-0.4, -0.2) is 29.9 Å². The summed E-state index contributed by atoms with van der Waals surface area (Å²) in [6, 6.07) is 20.9. The number of carbonyl (C=O) groups is 1. The molecule has 0 fully saturated rings. The van der Waals surface area contributed by atoms with Crippen LogP contribution in [0.25, 0.3) is 0 Å². The highest BCUT2D eigenvalue weighted by Gasteiger charge is 2.44. The lowest BCUT2D eigenvalue weighted by Gasteiger charge is -2.28. The number of rotatable bonds is 9. The van der Waals surface area contributed by atoms with Gasteiger partial charge in [-0.25, -0.2) is 8.78 Å². The minimum atomic E-state index is -0.761. The number of aliphatic hydroxyl groups is 1. The van der Waals surface area contributed by atoms with E-state index in [0.717, 1.165) is 12.1 Å². The standard InChI is InChI=1S/C29H31F2N3O2/c1-29(2,19-35)16-7-17-32-28(36)25-26(20-12-14-22(30)15-13-20)33-34(24-10-4-3-5-11-24)27(25)21-8-6-9-23(31)18-21/h3-6,8-15,18,25,27,35H,7,16-17,19H2,1-2H3,(H,32,36). The van der Waals surface area contributed by atoms with E-state index in [1.54, 1.807) is 29.3 Å². The Hall–Kier alpha value is -3.58. The molecular formula is C29H31F2N3O2. The normalized spacial score (nSPS) is 17.7.